The normalized spacial score (nSPS) is 15.6. The second kappa shape index (κ2) is 8.81. The number of nitrogens with zero attached hydrogens (tertiary/aromatic N) is 5. The molecule has 1 saturated heterocycles. The molecule has 0 bridgehead atoms. The molecular formula is C20H24N6O2S. The monoisotopic (exact) mass is 412 g/mol. The van der Waals surface area contributed by atoms with E-state index in [-0.39, 0.29) is 5.97 Å². The third-order valence-corrected chi connectivity index (χ3v) is 5.77. The van der Waals surface area contributed by atoms with Gasteiger partial charge in [-0.25, -0.2) is 19.7 Å². The van der Waals surface area contributed by atoms with Crippen LogP contribution in [0.2, 0.25) is 0 Å². The van der Waals surface area contributed by atoms with Gasteiger partial charge in [-0.05, 0) is 19.1 Å². The fourth-order valence-electron chi connectivity index (χ4n) is 3.42. The summed E-state index contributed by atoms with van der Waals surface area (Å²) in [7, 11) is 0. The summed E-state index contributed by atoms with van der Waals surface area (Å²) >= 11 is 1.34. The fraction of sp³-hybridized carbons (Fsp3) is 0.400. The van der Waals surface area contributed by atoms with Crippen molar-refractivity contribution in [2.24, 2.45) is 0 Å². The number of esters is 1. The minimum atomic E-state index is -0.344. The number of aromatic nitrogens is 3. The van der Waals surface area contributed by atoms with Crippen LogP contribution >= 0.6 is 11.3 Å². The molecule has 0 aliphatic carbocycles. The van der Waals surface area contributed by atoms with Crippen LogP contribution in [0.25, 0.3) is 10.9 Å². The summed E-state index contributed by atoms with van der Waals surface area (Å²) in [6.45, 7) is 7.28. The molecular weight excluding hydrogens is 388 g/mol. The third kappa shape index (κ3) is 4.69. The zero-order chi connectivity index (χ0) is 20.2. The highest BCUT2D eigenvalue weighted by Crippen LogP contribution is 2.19. The van der Waals surface area contributed by atoms with Crippen LogP contribution in [0.1, 0.15) is 28.2 Å². The number of ether oxygens (including phenoxy) is 1. The van der Waals surface area contributed by atoms with Crippen molar-refractivity contribution in [3.8, 4) is 0 Å². The Morgan fingerprint density at radius 3 is 2.59 bits per heavy atom. The van der Waals surface area contributed by atoms with Crippen molar-refractivity contribution in [2.75, 3.05) is 38.5 Å². The van der Waals surface area contributed by atoms with Gasteiger partial charge in [0.15, 0.2) is 0 Å². The first-order valence-electron chi connectivity index (χ1n) is 9.69. The molecule has 152 valence electrons. The minimum Gasteiger partial charge on any atom is -0.461 e. The van der Waals surface area contributed by atoms with E-state index in [2.05, 4.69) is 24.8 Å². The quantitative estimate of drug-likeness (QED) is 0.615. The van der Waals surface area contributed by atoms with Gasteiger partial charge >= 0.3 is 5.97 Å². The number of para-hydroxylation sites is 1. The fourth-order valence-corrected chi connectivity index (χ4v) is 4.12. The van der Waals surface area contributed by atoms with E-state index in [4.69, 9.17) is 10.5 Å². The first kappa shape index (κ1) is 19.7. The van der Waals surface area contributed by atoms with Gasteiger partial charge in [-0.3, -0.25) is 9.80 Å². The number of hydrogen-bond donors (Lipinski definition) is 1. The molecule has 1 aliphatic heterocycles. The summed E-state index contributed by atoms with van der Waals surface area (Å²) in [5.74, 6) is 0.946. The van der Waals surface area contributed by atoms with Crippen molar-refractivity contribution in [1.29, 1.82) is 0 Å². The summed E-state index contributed by atoms with van der Waals surface area (Å²) in [5, 5.41) is 3.25. The van der Waals surface area contributed by atoms with Crippen LogP contribution in [-0.2, 0) is 17.8 Å². The number of nitrogen functional groups attached to an aromatic ring is 1. The molecule has 0 saturated carbocycles. The summed E-state index contributed by atoms with van der Waals surface area (Å²) < 4.78 is 5.01. The second-order valence-electron chi connectivity index (χ2n) is 6.96. The number of thiazole rings is 1. The molecule has 0 unspecified atom stereocenters. The van der Waals surface area contributed by atoms with Gasteiger partial charge in [0, 0.05) is 43.5 Å². The van der Waals surface area contributed by atoms with Gasteiger partial charge in [-0.2, -0.15) is 0 Å². The van der Waals surface area contributed by atoms with Crippen molar-refractivity contribution in [1.82, 2.24) is 24.8 Å². The second-order valence-corrected chi connectivity index (χ2v) is 7.82. The number of carbonyl (C=O) groups excluding carboxylic acids is 1. The van der Waals surface area contributed by atoms with Gasteiger partial charge in [0.25, 0.3) is 0 Å². The van der Waals surface area contributed by atoms with Gasteiger partial charge in [0.2, 0.25) is 5.01 Å². The van der Waals surface area contributed by atoms with Gasteiger partial charge in [-0.15, -0.1) is 11.3 Å². The van der Waals surface area contributed by atoms with E-state index in [1.54, 1.807) is 6.92 Å². The Bertz CT molecular complexity index is 1000. The van der Waals surface area contributed by atoms with E-state index in [0.29, 0.717) is 24.0 Å². The Labute approximate surface area is 173 Å². The number of benzene rings is 1. The van der Waals surface area contributed by atoms with Crippen molar-refractivity contribution in [2.45, 2.75) is 20.0 Å². The predicted molar refractivity (Wildman–Crippen MR) is 113 cm³/mol. The van der Waals surface area contributed by atoms with Crippen molar-refractivity contribution < 1.29 is 9.53 Å². The lowest BCUT2D eigenvalue weighted by Gasteiger charge is -2.33. The molecule has 9 heteroatoms. The number of carbonyl (C=O) groups is 1. The van der Waals surface area contributed by atoms with Crippen LogP contribution in [-0.4, -0.2) is 63.5 Å². The van der Waals surface area contributed by atoms with E-state index in [1.165, 1.54) is 11.3 Å². The van der Waals surface area contributed by atoms with E-state index in [9.17, 15) is 4.79 Å². The number of piperazine rings is 1. The molecule has 0 atom stereocenters. The van der Waals surface area contributed by atoms with E-state index >= 15 is 0 Å². The third-order valence-electron chi connectivity index (χ3n) is 4.90. The zero-order valence-corrected chi connectivity index (χ0v) is 17.2. The number of nitrogens with two attached hydrogens (primary N) is 1. The van der Waals surface area contributed by atoms with Crippen LogP contribution in [0, 0.1) is 0 Å². The highest BCUT2D eigenvalue weighted by atomic mass is 32.1. The SMILES string of the molecule is CCOC(=O)c1nc(CN2CCN(Cc3nc(N)c4ccccc4n3)CC2)cs1. The molecule has 3 heterocycles. The van der Waals surface area contributed by atoms with Gasteiger partial charge < -0.3 is 10.5 Å². The number of rotatable bonds is 6. The van der Waals surface area contributed by atoms with Gasteiger partial charge in [-0.1, -0.05) is 12.1 Å². The molecule has 29 heavy (non-hydrogen) atoms. The van der Waals surface area contributed by atoms with E-state index in [0.717, 1.165) is 55.1 Å². The number of fused-ring (bicyclic) bond motifs is 1. The molecule has 1 aliphatic rings. The molecule has 0 amide bonds. The molecule has 4 rings (SSSR count). The Morgan fingerprint density at radius 2 is 1.83 bits per heavy atom. The Hall–Kier alpha value is -2.62. The molecule has 2 aromatic heterocycles. The van der Waals surface area contributed by atoms with Crippen LogP contribution in [0.15, 0.2) is 29.6 Å². The largest absolute Gasteiger partial charge is 0.461 e. The zero-order valence-electron chi connectivity index (χ0n) is 16.4. The highest BCUT2D eigenvalue weighted by molar-refractivity contribution is 7.11. The van der Waals surface area contributed by atoms with E-state index < -0.39 is 0 Å². The van der Waals surface area contributed by atoms with Crippen molar-refractivity contribution >= 4 is 34.0 Å². The molecule has 1 aromatic carbocycles. The van der Waals surface area contributed by atoms with Gasteiger partial charge in [0.05, 0.1) is 24.4 Å². The van der Waals surface area contributed by atoms with Crippen LogP contribution in [0.3, 0.4) is 0 Å². The summed E-state index contributed by atoms with van der Waals surface area (Å²) in [5.41, 5.74) is 7.89. The predicted octanol–water partition coefficient (Wildman–Crippen LogP) is 2.16. The van der Waals surface area contributed by atoms with Crippen molar-refractivity contribution in [3.63, 3.8) is 0 Å². The number of anilines is 1. The molecule has 0 radical (unpaired) electrons. The van der Waals surface area contributed by atoms with Crippen LogP contribution in [0.4, 0.5) is 5.82 Å². The van der Waals surface area contributed by atoms with Crippen molar-refractivity contribution in [3.05, 3.63) is 46.2 Å². The standard InChI is InChI=1S/C20H24N6O2S/c1-2-28-20(27)19-22-14(13-29-19)11-25-7-9-26(10-8-25)12-17-23-16-6-4-3-5-15(16)18(21)24-17/h3-6,13H,2,7-12H2,1H3,(H2,21,23,24). The molecule has 3 aromatic rings. The Balaban J connectivity index is 1.31. The smallest absolute Gasteiger partial charge is 0.367 e. The minimum absolute atomic E-state index is 0.344. The molecule has 1 fully saturated rings. The topological polar surface area (TPSA) is 97.5 Å². The maximum Gasteiger partial charge on any atom is 0.367 e. The van der Waals surface area contributed by atoms with E-state index in [1.807, 2.05) is 29.6 Å². The summed E-state index contributed by atoms with van der Waals surface area (Å²) in [4.78, 5) is 30.0. The lowest BCUT2D eigenvalue weighted by atomic mass is 10.2. The maximum absolute atomic E-state index is 11.8. The molecule has 0 spiro atoms. The van der Waals surface area contributed by atoms with Crippen LogP contribution < -0.4 is 5.73 Å². The van der Waals surface area contributed by atoms with Crippen LogP contribution in [0.5, 0.6) is 0 Å². The lowest BCUT2D eigenvalue weighted by molar-refractivity contribution is 0.0525. The summed E-state index contributed by atoms with van der Waals surface area (Å²) in [6.07, 6.45) is 0. The van der Waals surface area contributed by atoms with Gasteiger partial charge in [0.1, 0.15) is 11.6 Å². The lowest BCUT2D eigenvalue weighted by Crippen LogP contribution is -2.45. The average Bonchev–Trinajstić information content (AvgIpc) is 3.18. The molecule has 2 N–H and O–H groups in total. The average molecular weight is 413 g/mol. The molecule has 8 nitrogen and oxygen atoms in total. The first-order valence-corrected chi connectivity index (χ1v) is 10.6. The maximum atomic E-state index is 11.8. The summed E-state index contributed by atoms with van der Waals surface area (Å²) in [6, 6.07) is 7.81. The number of hydrogen-bond acceptors (Lipinski definition) is 9. The highest BCUT2D eigenvalue weighted by Gasteiger charge is 2.20. The Morgan fingerprint density at radius 1 is 1.10 bits per heavy atom. The Kier molecular flexibility index (Phi) is 5.98. The first-order chi connectivity index (χ1) is 14.1.